The Bertz CT molecular complexity index is 1340. The van der Waals surface area contributed by atoms with Crippen LogP contribution >= 0.6 is 18.1 Å². The van der Waals surface area contributed by atoms with Crippen molar-refractivity contribution < 1.29 is 28.1 Å². The molecule has 0 saturated carbocycles. The summed E-state index contributed by atoms with van der Waals surface area (Å²) in [7, 11) is 1.50. The summed E-state index contributed by atoms with van der Waals surface area (Å²) in [6, 6.07) is 8.75. The first-order valence-corrected chi connectivity index (χ1v) is 15.5. The number of rotatable bonds is 8. The van der Waals surface area contributed by atoms with Crippen LogP contribution in [0.15, 0.2) is 36.7 Å². The van der Waals surface area contributed by atoms with Gasteiger partial charge in [0.1, 0.15) is 12.6 Å². The van der Waals surface area contributed by atoms with Gasteiger partial charge in [0.15, 0.2) is 11.2 Å². The molecule has 2 aliphatic rings. The van der Waals surface area contributed by atoms with Crippen molar-refractivity contribution in [2.45, 2.75) is 50.5 Å². The van der Waals surface area contributed by atoms with E-state index in [2.05, 4.69) is 20.0 Å². The zero-order chi connectivity index (χ0) is 26.8. The number of ether oxygens (including phenoxy) is 3. The second-order valence-corrected chi connectivity index (χ2v) is 14.0. The van der Waals surface area contributed by atoms with Crippen molar-refractivity contribution in [2.75, 3.05) is 31.8 Å². The van der Waals surface area contributed by atoms with Crippen LogP contribution < -0.4 is 15.6 Å². The normalized spacial score (nSPS) is 27.7. The molecule has 0 bridgehead atoms. The van der Waals surface area contributed by atoms with Crippen LogP contribution in [0, 0.1) is 0 Å². The minimum Gasteiger partial charge on any atom is -0.479 e. The lowest BCUT2D eigenvalue weighted by Crippen LogP contribution is -2.35. The van der Waals surface area contributed by atoms with Gasteiger partial charge in [-0.3, -0.25) is 9.36 Å². The van der Waals surface area contributed by atoms with Crippen molar-refractivity contribution in [1.82, 2.24) is 24.6 Å². The van der Waals surface area contributed by atoms with Gasteiger partial charge in [-0.25, -0.2) is 10.1 Å². The third-order valence-corrected chi connectivity index (χ3v) is 10.7. The van der Waals surface area contributed by atoms with Crippen molar-refractivity contribution in [2.24, 2.45) is 0 Å². The second kappa shape index (κ2) is 11.2. The number of aromatic nitrogens is 4. The summed E-state index contributed by atoms with van der Waals surface area (Å²) in [5, 5.41) is 2.95. The van der Waals surface area contributed by atoms with Gasteiger partial charge in [-0.2, -0.15) is 9.97 Å². The molecule has 0 spiro atoms. The fourth-order valence-corrected chi connectivity index (χ4v) is 8.49. The molecule has 2 aromatic heterocycles. The van der Waals surface area contributed by atoms with Crippen LogP contribution in [0.5, 0.6) is 5.88 Å². The number of fused-ring (bicyclic) bond motifs is 1. The third kappa shape index (κ3) is 5.81. The Hall–Kier alpha value is -2.70. The summed E-state index contributed by atoms with van der Waals surface area (Å²) in [6.45, 7) is -0.695. The van der Waals surface area contributed by atoms with Crippen molar-refractivity contribution in [1.29, 1.82) is 0 Å². The average Bonchev–Trinajstić information content (AvgIpc) is 3.46. The Labute approximate surface area is 224 Å². The summed E-state index contributed by atoms with van der Waals surface area (Å²) < 4.78 is 38.2. The van der Waals surface area contributed by atoms with Gasteiger partial charge in [0.25, 0.3) is 0 Å². The number of nitrogens with two attached hydrogens (primary N) is 1. The second-order valence-electron chi connectivity index (χ2n) is 9.56. The highest BCUT2D eigenvalue weighted by atomic mass is 32.7. The Balaban J connectivity index is 1.21. The summed E-state index contributed by atoms with van der Waals surface area (Å²) in [5.74, 6) is 0.568. The van der Waals surface area contributed by atoms with E-state index in [0.29, 0.717) is 42.2 Å². The molecule has 5 rings (SSSR count). The minimum absolute atomic E-state index is 0.0879. The fraction of sp³-hybridized carbons (Fsp3) is 0.500. The molecule has 1 aromatic carbocycles. The first-order chi connectivity index (χ1) is 18.3. The largest absolute Gasteiger partial charge is 0.479 e. The van der Waals surface area contributed by atoms with Gasteiger partial charge in [0, 0.05) is 12.2 Å². The molecule has 12 nitrogen and oxygen atoms in total. The number of carbonyl (C=O) groups excluding carboxylic acids is 1. The number of anilines is 1. The number of imidazole rings is 1. The molecular weight excluding hydrogens is 531 g/mol. The Morgan fingerprint density at radius 1 is 1.34 bits per heavy atom. The molecule has 4 atom stereocenters. The summed E-state index contributed by atoms with van der Waals surface area (Å²) in [4.78, 5) is 25.6. The highest BCUT2D eigenvalue weighted by Gasteiger charge is 2.41. The first-order valence-electron chi connectivity index (χ1n) is 12.3. The van der Waals surface area contributed by atoms with Crippen LogP contribution in [0.4, 0.5) is 5.95 Å². The van der Waals surface area contributed by atoms with Gasteiger partial charge in [0.05, 0.1) is 38.3 Å². The van der Waals surface area contributed by atoms with Gasteiger partial charge in [0.2, 0.25) is 11.8 Å². The first kappa shape index (κ1) is 26.9. The quantitative estimate of drug-likeness (QED) is 0.306. The van der Waals surface area contributed by atoms with E-state index in [0.717, 1.165) is 12.0 Å². The number of hydrogen-bond donors (Lipinski definition) is 2. The van der Waals surface area contributed by atoms with Crippen LogP contribution in [-0.4, -0.2) is 63.7 Å². The minimum atomic E-state index is -3.36. The van der Waals surface area contributed by atoms with Crippen LogP contribution in [-0.2, 0) is 35.5 Å². The molecule has 1 unspecified atom stereocenters. The van der Waals surface area contributed by atoms with E-state index < -0.39 is 24.3 Å². The average molecular weight is 563 g/mol. The number of nitrogens with one attached hydrogen (secondary N) is 1. The zero-order valence-electron chi connectivity index (χ0n) is 21.2. The van der Waals surface area contributed by atoms with Crippen LogP contribution in [0.25, 0.3) is 11.2 Å². The molecule has 0 radical (unpaired) electrons. The molecule has 2 fully saturated rings. The van der Waals surface area contributed by atoms with Crippen LogP contribution in [0.1, 0.15) is 31.7 Å². The van der Waals surface area contributed by atoms with E-state index in [1.165, 1.54) is 18.5 Å². The van der Waals surface area contributed by atoms with Gasteiger partial charge >= 0.3 is 12.7 Å². The van der Waals surface area contributed by atoms with Gasteiger partial charge in [-0.15, -0.1) is 0 Å². The Morgan fingerprint density at radius 2 is 2.16 bits per heavy atom. The van der Waals surface area contributed by atoms with Crippen molar-refractivity contribution in [3.63, 3.8) is 0 Å². The van der Waals surface area contributed by atoms with Crippen LogP contribution in [0.2, 0.25) is 0 Å². The standard InChI is InChI=1S/C24H31N6O6PS/c1-24(30-15-26-19-20(30)27-23(25)28-21(19)33-2)11-17(35-14-24)13-36-37(32)29-18(9-6-10-38-37)22(31)34-12-16-7-4-3-5-8-16/h3-5,7-8,15,17-18H,6,9-14H2,1-2H3,(H,29,32)(H2,25,27,28)/t17-,18-,24-,37?/m0/s1. The number of esters is 1. The van der Waals surface area contributed by atoms with E-state index in [1.807, 2.05) is 41.8 Å². The topological polar surface area (TPSA) is 153 Å². The van der Waals surface area contributed by atoms with Crippen molar-refractivity contribution in [3.05, 3.63) is 42.2 Å². The van der Waals surface area contributed by atoms with E-state index in [-0.39, 0.29) is 25.3 Å². The number of hydrogen-bond acceptors (Lipinski definition) is 11. The number of nitrogen functional groups attached to an aromatic ring is 1. The maximum Gasteiger partial charge on any atom is 0.327 e. The zero-order valence-corrected chi connectivity index (χ0v) is 23.0. The Morgan fingerprint density at radius 3 is 2.95 bits per heavy atom. The third-order valence-electron chi connectivity index (χ3n) is 6.60. The molecule has 4 heterocycles. The van der Waals surface area contributed by atoms with Crippen molar-refractivity contribution in [3.8, 4) is 5.88 Å². The summed E-state index contributed by atoms with van der Waals surface area (Å²) >= 11 is 1.21. The van der Waals surface area contributed by atoms with Gasteiger partial charge in [-0.1, -0.05) is 41.7 Å². The van der Waals surface area contributed by atoms with E-state index in [9.17, 15) is 9.36 Å². The summed E-state index contributed by atoms with van der Waals surface area (Å²) in [5.41, 5.74) is 7.33. The molecule has 0 amide bonds. The Kier molecular flexibility index (Phi) is 7.92. The monoisotopic (exact) mass is 562 g/mol. The number of methoxy groups -OCH3 is 1. The highest BCUT2D eigenvalue weighted by Crippen LogP contribution is 2.58. The molecule has 38 heavy (non-hydrogen) atoms. The molecule has 0 aliphatic carbocycles. The van der Waals surface area contributed by atoms with Crippen LogP contribution in [0.3, 0.4) is 0 Å². The maximum absolute atomic E-state index is 13.6. The van der Waals surface area contributed by atoms with Crippen molar-refractivity contribution >= 4 is 41.2 Å². The van der Waals surface area contributed by atoms with Gasteiger partial charge < -0.3 is 29.0 Å². The number of carbonyl (C=O) groups is 1. The lowest BCUT2D eigenvalue weighted by atomic mass is 9.98. The molecule has 3 N–H and O–H groups in total. The van der Waals surface area contributed by atoms with E-state index >= 15 is 0 Å². The molecule has 2 saturated heterocycles. The van der Waals surface area contributed by atoms with E-state index in [1.54, 1.807) is 6.33 Å². The molecule has 3 aromatic rings. The lowest BCUT2D eigenvalue weighted by Gasteiger charge is -2.25. The molecule has 14 heteroatoms. The van der Waals surface area contributed by atoms with E-state index in [4.69, 9.17) is 24.5 Å². The smallest absolute Gasteiger partial charge is 0.327 e. The molecule has 204 valence electrons. The SMILES string of the molecule is COc1nc(N)nc2c1ncn2[C@]1(C)CO[C@H](COP2(=O)N[C@H](C(=O)OCc3ccccc3)CCCS2)C1. The predicted molar refractivity (Wildman–Crippen MR) is 143 cm³/mol. The number of nitrogens with zero attached hydrogens (tertiary/aromatic N) is 4. The highest BCUT2D eigenvalue weighted by molar-refractivity contribution is 8.56. The van der Waals surface area contributed by atoms with Gasteiger partial charge in [-0.05, 0) is 25.3 Å². The fourth-order valence-electron chi connectivity index (χ4n) is 4.63. The molecule has 2 aliphatic heterocycles. The predicted octanol–water partition coefficient (Wildman–Crippen LogP) is 3.27. The summed E-state index contributed by atoms with van der Waals surface area (Å²) in [6.07, 6.45) is 3.16. The maximum atomic E-state index is 13.6. The number of benzene rings is 1. The molecular formula is C24H31N6O6PS. The lowest BCUT2D eigenvalue weighted by molar-refractivity contribution is -0.147.